The lowest BCUT2D eigenvalue weighted by atomic mass is 9.87. The van der Waals surface area contributed by atoms with Crippen LogP contribution in [0.5, 0.6) is 5.75 Å². The molecule has 2 aliphatic heterocycles. The summed E-state index contributed by atoms with van der Waals surface area (Å²) < 4.78 is 17.7. The number of hydrogen-bond donors (Lipinski definition) is 0. The lowest BCUT2D eigenvalue weighted by Crippen LogP contribution is -2.37. The quantitative estimate of drug-likeness (QED) is 0.522. The summed E-state index contributed by atoms with van der Waals surface area (Å²) in [5, 5.41) is 0.675. The summed E-state index contributed by atoms with van der Waals surface area (Å²) in [5.74, 6) is 0.466. The van der Waals surface area contributed by atoms with Crippen molar-refractivity contribution < 1.29 is 23.5 Å². The molecule has 1 fully saturated rings. The Hall–Kier alpha value is -2.96. The molecule has 0 bridgehead atoms. The highest BCUT2D eigenvalue weighted by Crippen LogP contribution is 2.40. The minimum absolute atomic E-state index is 0.133. The number of rotatable bonds is 2. The number of ether oxygens (including phenoxy) is 2. The molecule has 0 unspecified atom stereocenters. The van der Waals surface area contributed by atoms with Gasteiger partial charge in [-0.2, -0.15) is 0 Å². The molecule has 6 nitrogen and oxygen atoms in total. The summed E-state index contributed by atoms with van der Waals surface area (Å²) in [7, 11) is 0. The molecule has 2 aromatic carbocycles. The van der Waals surface area contributed by atoms with Crippen molar-refractivity contribution in [3.05, 3.63) is 64.4 Å². The maximum Gasteiger partial charge on any atom is 0.229 e. The van der Waals surface area contributed by atoms with Gasteiger partial charge in [0.1, 0.15) is 18.1 Å². The summed E-state index contributed by atoms with van der Waals surface area (Å²) >= 11 is 0. The van der Waals surface area contributed by atoms with Crippen molar-refractivity contribution in [3.63, 3.8) is 0 Å². The molecule has 6 rings (SSSR count). The van der Waals surface area contributed by atoms with Crippen molar-refractivity contribution in [1.82, 2.24) is 4.90 Å². The number of furan rings is 1. The van der Waals surface area contributed by atoms with Gasteiger partial charge in [-0.25, -0.2) is 0 Å². The molecule has 3 heterocycles. The molecule has 6 heteroatoms. The second-order valence-electron chi connectivity index (χ2n) is 7.85. The van der Waals surface area contributed by atoms with Crippen LogP contribution in [-0.2, 0) is 11.3 Å². The number of carbonyl (C=O) groups excluding carboxylic acids is 2. The van der Waals surface area contributed by atoms with Crippen LogP contribution < -0.4 is 4.74 Å². The highest BCUT2D eigenvalue weighted by Gasteiger charge is 2.36. The smallest absolute Gasteiger partial charge is 0.229 e. The number of nitrogens with zero attached hydrogens (tertiary/aromatic N) is 1. The molecule has 1 aromatic heterocycles. The summed E-state index contributed by atoms with van der Waals surface area (Å²) in [4.78, 5) is 28.3. The van der Waals surface area contributed by atoms with E-state index in [9.17, 15) is 9.59 Å². The Balaban J connectivity index is 1.44. The first kappa shape index (κ1) is 16.9. The van der Waals surface area contributed by atoms with E-state index in [4.69, 9.17) is 13.9 Å². The zero-order chi connectivity index (χ0) is 19.5. The van der Waals surface area contributed by atoms with Gasteiger partial charge in [-0.1, -0.05) is 24.3 Å². The highest BCUT2D eigenvalue weighted by molar-refractivity contribution is 6.31. The van der Waals surface area contributed by atoms with Crippen molar-refractivity contribution in [3.8, 4) is 5.75 Å². The van der Waals surface area contributed by atoms with Gasteiger partial charge in [0.2, 0.25) is 5.78 Å². The van der Waals surface area contributed by atoms with E-state index in [2.05, 4.69) is 4.90 Å². The molecule has 0 radical (unpaired) electrons. The molecule has 1 saturated heterocycles. The molecule has 0 spiro atoms. The largest absolute Gasteiger partial charge is 0.478 e. The molecule has 0 amide bonds. The van der Waals surface area contributed by atoms with Crippen molar-refractivity contribution in [2.24, 2.45) is 0 Å². The SMILES string of the molecule is O=C1c2ccccc2C(=O)c2c1oc1c3c(ccc21)OCN(C[C@@H]1CCCO1)C3. The zero-order valence-corrected chi connectivity index (χ0v) is 15.8. The molecule has 0 N–H and O–H groups in total. The second-order valence-corrected chi connectivity index (χ2v) is 7.85. The van der Waals surface area contributed by atoms with E-state index in [1.165, 1.54) is 0 Å². The molecular weight excluding hydrogens is 370 g/mol. The number of ketones is 2. The van der Waals surface area contributed by atoms with Gasteiger partial charge in [-0.15, -0.1) is 0 Å². The van der Waals surface area contributed by atoms with E-state index in [0.29, 0.717) is 40.9 Å². The Bertz CT molecular complexity index is 1170. The molecule has 146 valence electrons. The maximum absolute atomic E-state index is 13.1. The van der Waals surface area contributed by atoms with E-state index in [-0.39, 0.29) is 23.4 Å². The molecular formula is C23H19NO5. The molecule has 3 aliphatic rings. The highest BCUT2D eigenvalue weighted by atomic mass is 16.5. The minimum Gasteiger partial charge on any atom is -0.478 e. The van der Waals surface area contributed by atoms with Gasteiger partial charge in [0.15, 0.2) is 11.5 Å². The van der Waals surface area contributed by atoms with Gasteiger partial charge in [0.05, 0.1) is 17.2 Å². The Morgan fingerprint density at radius 3 is 2.66 bits per heavy atom. The van der Waals surface area contributed by atoms with E-state index in [0.717, 1.165) is 37.3 Å². The van der Waals surface area contributed by atoms with Gasteiger partial charge in [-0.3, -0.25) is 14.5 Å². The molecule has 29 heavy (non-hydrogen) atoms. The van der Waals surface area contributed by atoms with Gasteiger partial charge in [0.25, 0.3) is 0 Å². The molecule has 1 atom stereocenters. The lowest BCUT2D eigenvalue weighted by molar-refractivity contribution is 0.0281. The Kier molecular flexibility index (Phi) is 3.66. The Morgan fingerprint density at radius 1 is 1.03 bits per heavy atom. The predicted molar refractivity (Wildman–Crippen MR) is 104 cm³/mol. The fourth-order valence-electron chi connectivity index (χ4n) is 4.63. The topological polar surface area (TPSA) is 69.0 Å². The van der Waals surface area contributed by atoms with Crippen LogP contribution in [0.3, 0.4) is 0 Å². The molecule has 3 aromatic rings. The summed E-state index contributed by atoms with van der Waals surface area (Å²) in [5.41, 5.74) is 2.64. The van der Waals surface area contributed by atoms with Gasteiger partial charge in [0, 0.05) is 36.2 Å². The first-order valence-corrected chi connectivity index (χ1v) is 9.94. The molecule has 1 aliphatic carbocycles. The van der Waals surface area contributed by atoms with Crippen LogP contribution >= 0.6 is 0 Å². The average Bonchev–Trinajstić information content (AvgIpc) is 3.40. The number of hydrogen-bond acceptors (Lipinski definition) is 6. The van der Waals surface area contributed by atoms with E-state index >= 15 is 0 Å². The number of fused-ring (bicyclic) bond motifs is 6. The van der Waals surface area contributed by atoms with Crippen LogP contribution in [0.15, 0.2) is 40.8 Å². The monoisotopic (exact) mass is 389 g/mol. The average molecular weight is 389 g/mol. The fraction of sp³-hybridized carbons (Fsp3) is 0.304. The summed E-state index contributed by atoms with van der Waals surface area (Å²) in [6.07, 6.45) is 2.38. The van der Waals surface area contributed by atoms with Crippen molar-refractivity contribution in [2.45, 2.75) is 25.5 Å². The van der Waals surface area contributed by atoms with Crippen molar-refractivity contribution in [2.75, 3.05) is 19.9 Å². The third-order valence-corrected chi connectivity index (χ3v) is 6.04. The van der Waals surface area contributed by atoms with Crippen LogP contribution in [0.1, 0.15) is 50.4 Å². The Labute approximate surface area is 167 Å². The molecule has 0 saturated carbocycles. The van der Waals surface area contributed by atoms with E-state index in [1.54, 1.807) is 24.3 Å². The van der Waals surface area contributed by atoms with Gasteiger partial charge >= 0.3 is 0 Å². The van der Waals surface area contributed by atoms with E-state index in [1.807, 2.05) is 12.1 Å². The Morgan fingerprint density at radius 2 is 1.86 bits per heavy atom. The minimum atomic E-state index is -0.243. The van der Waals surface area contributed by atoms with Crippen LogP contribution in [0, 0.1) is 0 Å². The number of benzene rings is 2. The van der Waals surface area contributed by atoms with E-state index < -0.39 is 0 Å². The van der Waals surface area contributed by atoms with Crippen molar-refractivity contribution in [1.29, 1.82) is 0 Å². The first-order chi connectivity index (χ1) is 14.2. The van der Waals surface area contributed by atoms with Crippen LogP contribution in [0.2, 0.25) is 0 Å². The summed E-state index contributed by atoms with van der Waals surface area (Å²) in [6, 6.07) is 10.6. The maximum atomic E-state index is 13.1. The predicted octanol–water partition coefficient (Wildman–Crippen LogP) is 3.54. The lowest BCUT2D eigenvalue weighted by Gasteiger charge is -2.30. The second kappa shape index (κ2) is 6.27. The van der Waals surface area contributed by atoms with Crippen LogP contribution in [0.25, 0.3) is 11.0 Å². The first-order valence-electron chi connectivity index (χ1n) is 9.94. The van der Waals surface area contributed by atoms with Crippen molar-refractivity contribution >= 4 is 22.5 Å². The van der Waals surface area contributed by atoms with Gasteiger partial charge in [-0.05, 0) is 25.0 Å². The standard InChI is InChI=1S/C23H19NO5/c25-20-14-5-1-2-6-15(14)21(26)23-19(20)16-7-8-18-17(22(16)29-23)11-24(12-28-18)10-13-4-3-9-27-13/h1-2,5-8,13H,3-4,9-12H2/t13-/m0/s1. The number of carbonyl (C=O) groups is 2. The summed E-state index contributed by atoms with van der Waals surface area (Å²) in [6.45, 7) is 2.73. The van der Waals surface area contributed by atoms with Crippen LogP contribution in [0.4, 0.5) is 0 Å². The third-order valence-electron chi connectivity index (χ3n) is 6.04. The third kappa shape index (κ3) is 2.49. The fourth-order valence-corrected chi connectivity index (χ4v) is 4.63. The normalized spacial score (nSPS) is 21.0. The van der Waals surface area contributed by atoms with Crippen LogP contribution in [-0.4, -0.2) is 42.5 Å². The van der Waals surface area contributed by atoms with Gasteiger partial charge < -0.3 is 13.9 Å². The zero-order valence-electron chi connectivity index (χ0n) is 15.8.